The van der Waals surface area contributed by atoms with E-state index in [1.54, 1.807) is 13.8 Å². The third-order valence-electron chi connectivity index (χ3n) is 3.23. The van der Waals surface area contributed by atoms with Gasteiger partial charge in [-0.1, -0.05) is 27.7 Å². The Balaban J connectivity index is 4.85. The molecule has 0 aromatic heterocycles. The minimum atomic E-state index is -4.77. The number of ether oxygens (including phenoxy) is 2. The van der Waals surface area contributed by atoms with Crippen molar-refractivity contribution in [2.24, 2.45) is 11.8 Å². The van der Waals surface area contributed by atoms with Crippen molar-refractivity contribution in [1.29, 1.82) is 0 Å². The molecule has 0 rings (SSSR count). The molecule has 0 aromatic carbocycles. The molecule has 1 N–H and O–H groups in total. The van der Waals surface area contributed by atoms with Crippen LogP contribution < -0.4 is 0 Å². The van der Waals surface area contributed by atoms with Crippen LogP contribution in [0.25, 0.3) is 0 Å². The quantitative estimate of drug-likeness (QED) is 0.468. The van der Waals surface area contributed by atoms with Crippen LogP contribution in [0.2, 0.25) is 0 Å². The molecule has 3 atom stereocenters. The summed E-state index contributed by atoms with van der Waals surface area (Å²) < 4.78 is 42.2. The van der Waals surface area contributed by atoms with E-state index in [0.717, 1.165) is 0 Å². The summed E-state index contributed by atoms with van der Waals surface area (Å²) in [5, 5.41) is -1.97. The van der Waals surface area contributed by atoms with Gasteiger partial charge in [-0.25, -0.2) is 0 Å². The molecule has 0 heterocycles. The van der Waals surface area contributed by atoms with Crippen LogP contribution in [-0.4, -0.2) is 42.4 Å². The van der Waals surface area contributed by atoms with Gasteiger partial charge in [0, 0.05) is 0 Å². The van der Waals surface area contributed by atoms with Gasteiger partial charge in [0.25, 0.3) is 10.1 Å². The molecule has 24 heavy (non-hydrogen) atoms. The SMILES string of the molecule is CC(C)C[C@H](C)OC(=O)C[C@@H](C(=O)O[C@@H](C)CC(C)C)S(=O)(=O)O. The Hall–Kier alpha value is -1.15. The van der Waals surface area contributed by atoms with Crippen LogP contribution in [-0.2, 0) is 29.2 Å². The van der Waals surface area contributed by atoms with Gasteiger partial charge in [-0.2, -0.15) is 8.42 Å². The second kappa shape index (κ2) is 9.98. The summed E-state index contributed by atoms with van der Waals surface area (Å²) in [6.45, 7) is 11.1. The zero-order valence-electron chi connectivity index (χ0n) is 15.3. The molecule has 0 aliphatic rings. The first-order valence-electron chi connectivity index (χ1n) is 8.19. The summed E-state index contributed by atoms with van der Waals surface area (Å²) in [5.74, 6) is -1.45. The van der Waals surface area contributed by atoms with Crippen molar-refractivity contribution in [2.75, 3.05) is 0 Å². The first kappa shape index (κ1) is 22.9. The maximum atomic E-state index is 12.0. The van der Waals surface area contributed by atoms with Crippen molar-refractivity contribution in [1.82, 2.24) is 0 Å². The van der Waals surface area contributed by atoms with Gasteiger partial charge >= 0.3 is 11.9 Å². The van der Waals surface area contributed by atoms with Crippen LogP contribution >= 0.6 is 0 Å². The van der Waals surface area contributed by atoms with Crippen LogP contribution in [0.5, 0.6) is 0 Å². The fourth-order valence-corrected chi connectivity index (χ4v) is 3.08. The van der Waals surface area contributed by atoms with E-state index in [4.69, 9.17) is 9.47 Å². The van der Waals surface area contributed by atoms with Gasteiger partial charge < -0.3 is 9.47 Å². The minimum Gasteiger partial charge on any atom is -0.463 e. The van der Waals surface area contributed by atoms with Crippen molar-refractivity contribution in [3.63, 3.8) is 0 Å². The zero-order valence-corrected chi connectivity index (χ0v) is 16.1. The van der Waals surface area contributed by atoms with Gasteiger partial charge in [-0.15, -0.1) is 0 Å². The standard InChI is InChI=1S/C16H30O7S/c1-10(2)7-12(5)22-15(17)9-14(24(19,20)21)16(18)23-13(6)8-11(3)4/h10-14H,7-9H2,1-6H3,(H,19,20,21)/t12-,13-,14-/m0/s1. The molecule has 0 aromatic rings. The summed E-state index contributed by atoms with van der Waals surface area (Å²) in [4.78, 5) is 23.9. The Bertz CT molecular complexity index is 511. The van der Waals surface area contributed by atoms with Crippen molar-refractivity contribution < 1.29 is 32.0 Å². The monoisotopic (exact) mass is 366 g/mol. The molecule has 0 spiro atoms. The molecule has 8 heteroatoms. The predicted octanol–water partition coefficient (Wildman–Crippen LogP) is 2.59. The lowest BCUT2D eigenvalue weighted by atomic mass is 10.1. The Morgan fingerprint density at radius 1 is 0.875 bits per heavy atom. The fraction of sp³-hybridized carbons (Fsp3) is 0.875. The molecule has 142 valence electrons. The van der Waals surface area contributed by atoms with E-state index in [1.807, 2.05) is 27.7 Å². The minimum absolute atomic E-state index is 0.249. The van der Waals surface area contributed by atoms with Crippen molar-refractivity contribution in [2.45, 2.75) is 78.3 Å². The Morgan fingerprint density at radius 3 is 1.67 bits per heavy atom. The molecule has 0 bridgehead atoms. The van der Waals surface area contributed by atoms with E-state index in [-0.39, 0.29) is 5.92 Å². The summed E-state index contributed by atoms with van der Waals surface area (Å²) in [5.41, 5.74) is 0. The topological polar surface area (TPSA) is 107 Å². The summed E-state index contributed by atoms with van der Waals surface area (Å²) in [6.07, 6.45) is -0.542. The van der Waals surface area contributed by atoms with Crippen LogP contribution in [0.1, 0.15) is 60.8 Å². The Morgan fingerprint density at radius 2 is 1.29 bits per heavy atom. The van der Waals surface area contributed by atoms with E-state index in [2.05, 4.69) is 0 Å². The van der Waals surface area contributed by atoms with E-state index in [9.17, 15) is 22.6 Å². The van der Waals surface area contributed by atoms with Crippen LogP contribution in [0.4, 0.5) is 0 Å². The number of esters is 2. The summed E-state index contributed by atoms with van der Waals surface area (Å²) in [7, 11) is -4.77. The maximum Gasteiger partial charge on any atom is 0.327 e. The van der Waals surface area contributed by atoms with Gasteiger partial charge in [0.15, 0.2) is 5.25 Å². The number of carbonyl (C=O) groups is 2. The van der Waals surface area contributed by atoms with Crippen molar-refractivity contribution in [3.05, 3.63) is 0 Å². The highest BCUT2D eigenvalue weighted by molar-refractivity contribution is 7.87. The average molecular weight is 366 g/mol. The van der Waals surface area contributed by atoms with Crippen molar-refractivity contribution in [3.8, 4) is 0 Å². The smallest absolute Gasteiger partial charge is 0.327 e. The highest BCUT2D eigenvalue weighted by atomic mass is 32.2. The molecule has 0 saturated carbocycles. The molecule has 0 saturated heterocycles. The number of carbonyl (C=O) groups excluding carboxylic acids is 2. The molecule has 7 nitrogen and oxygen atoms in total. The second-order valence-corrected chi connectivity index (χ2v) is 8.61. The van der Waals surface area contributed by atoms with E-state index < -0.39 is 45.9 Å². The average Bonchev–Trinajstić information content (AvgIpc) is 2.31. The lowest BCUT2D eigenvalue weighted by Crippen LogP contribution is -2.36. The van der Waals surface area contributed by atoms with E-state index in [0.29, 0.717) is 18.8 Å². The van der Waals surface area contributed by atoms with Crippen LogP contribution in [0.15, 0.2) is 0 Å². The molecule has 0 aliphatic heterocycles. The third kappa shape index (κ3) is 9.87. The Labute approximate surface area is 144 Å². The third-order valence-corrected chi connectivity index (χ3v) is 4.31. The first-order chi connectivity index (χ1) is 10.8. The fourth-order valence-electron chi connectivity index (χ4n) is 2.43. The maximum absolute atomic E-state index is 12.0. The van der Waals surface area contributed by atoms with Gasteiger partial charge in [-0.3, -0.25) is 14.1 Å². The largest absolute Gasteiger partial charge is 0.463 e. The number of rotatable bonds is 10. The van der Waals surface area contributed by atoms with Gasteiger partial charge in [0.05, 0.1) is 18.6 Å². The number of hydrogen-bond donors (Lipinski definition) is 1. The normalized spacial score (nSPS) is 15.9. The number of hydrogen-bond acceptors (Lipinski definition) is 6. The lowest BCUT2D eigenvalue weighted by Gasteiger charge is -2.20. The van der Waals surface area contributed by atoms with Gasteiger partial charge in [-0.05, 0) is 38.5 Å². The van der Waals surface area contributed by atoms with E-state index in [1.165, 1.54) is 0 Å². The molecule has 0 fully saturated rings. The molecule has 0 radical (unpaired) electrons. The second-order valence-electron chi connectivity index (χ2n) is 7.01. The van der Waals surface area contributed by atoms with Crippen LogP contribution in [0.3, 0.4) is 0 Å². The molecular formula is C16H30O7S. The Kier molecular flexibility index (Phi) is 9.50. The van der Waals surface area contributed by atoms with Gasteiger partial charge in [0.1, 0.15) is 0 Å². The highest BCUT2D eigenvalue weighted by Crippen LogP contribution is 2.15. The van der Waals surface area contributed by atoms with Crippen molar-refractivity contribution >= 4 is 22.1 Å². The molecular weight excluding hydrogens is 336 g/mol. The van der Waals surface area contributed by atoms with Crippen LogP contribution in [0, 0.1) is 11.8 Å². The molecule has 0 aliphatic carbocycles. The molecule has 0 amide bonds. The van der Waals surface area contributed by atoms with E-state index >= 15 is 0 Å². The molecule has 0 unspecified atom stereocenters. The predicted molar refractivity (Wildman–Crippen MR) is 90.0 cm³/mol. The van der Waals surface area contributed by atoms with Gasteiger partial charge in [0.2, 0.25) is 0 Å². The summed E-state index contributed by atoms with van der Waals surface area (Å²) in [6, 6.07) is 0. The highest BCUT2D eigenvalue weighted by Gasteiger charge is 2.36. The lowest BCUT2D eigenvalue weighted by molar-refractivity contribution is -0.155. The summed E-state index contributed by atoms with van der Waals surface area (Å²) >= 11 is 0. The zero-order chi connectivity index (χ0) is 19.1. The first-order valence-corrected chi connectivity index (χ1v) is 9.69.